The van der Waals surface area contributed by atoms with Gasteiger partial charge in [-0.25, -0.2) is 0 Å². The number of nitrogens with zero attached hydrogens (tertiary/aromatic N) is 1. The van der Waals surface area contributed by atoms with Crippen LogP contribution in [0.4, 0.5) is 5.00 Å². The van der Waals surface area contributed by atoms with E-state index in [1.807, 2.05) is 19.3 Å². The Morgan fingerprint density at radius 1 is 1.70 bits per heavy atom. The highest BCUT2D eigenvalue weighted by atomic mass is 32.1. The summed E-state index contributed by atoms with van der Waals surface area (Å²) in [6.07, 6.45) is 1.83. The average molecular weight is 153 g/mol. The molecule has 2 heterocycles. The van der Waals surface area contributed by atoms with Crippen molar-refractivity contribution in [2.45, 2.75) is 0 Å². The highest BCUT2D eigenvalue weighted by Gasteiger charge is 1.99. The van der Waals surface area contributed by atoms with E-state index in [1.165, 1.54) is 9.70 Å². The molecule has 2 N–H and O–H groups in total. The maximum atomic E-state index is 3.89. The zero-order valence-corrected chi connectivity index (χ0v) is 6.33. The van der Waals surface area contributed by atoms with E-state index >= 15 is 0 Å². The van der Waals surface area contributed by atoms with Crippen molar-refractivity contribution >= 4 is 26.6 Å². The Bertz CT molecular complexity index is 307. The minimum absolute atomic E-state index is 1.11. The highest BCUT2D eigenvalue weighted by Crippen LogP contribution is 2.26. The summed E-state index contributed by atoms with van der Waals surface area (Å²) in [6, 6.07) is 2.05. The Morgan fingerprint density at radius 2 is 2.60 bits per heavy atom. The van der Waals surface area contributed by atoms with Gasteiger partial charge in [-0.2, -0.15) is 5.10 Å². The third-order valence-corrected chi connectivity index (χ3v) is 2.46. The summed E-state index contributed by atoms with van der Waals surface area (Å²) in [5.41, 5.74) is 1.11. The maximum absolute atomic E-state index is 3.89. The van der Waals surface area contributed by atoms with Crippen molar-refractivity contribution in [2.24, 2.45) is 0 Å². The van der Waals surface area contributed by atoms with Crippen molar-refractivity contribution in [3.8, 4) is 0 Å². The average Bonchev–Trinajstić information content (AvgIpc) is 2.42. The van der Waals surface area contributed by atoms with E-state index in [-0.39, 0.29) is 0 Å². The van der Waals surface area contributed by atoms with Gasteiger partial charge in [-0.3, -0.25) is 5.10 Å². The van der Waals surface area contributed by atoms with Gasteiger partial charge in [-0.15, -0.1) is 11.3 Å². The Hall–Kier alpha value is -1.03. The molecule has 2 aromatic rings. The van der Waals surface area contributed by atoms with Crippen LogP contribution in [-0.2, 0) is 0 Å². The molecule has 0 aliphatic rings. The Morgan fingerprint density at radius 3 is 3.30 bits per heavy atom. The van der Waals surface area contributed by atoms with E-state index in [1.54, 1.807) is 11.3 Å². The van der Waals surface area contributed by atoms with E-state index in [0.717, 1.165) is 5.52 Å². The van der Waals surface area contributed by atoms with Crippen molar-refractivity contribution in [1.29, 1.82) is 0 Å². The molecule has 52 valence electrons. The second kappa shape index (κ2) is 1.98. The highest BCUT2D eigenvalue weighted by molar-refractivity contribution is 7.22. The summed E-state index contributed by atoms with van der Waals surface area (Å²) in [5.74, 6) is 0. The quantitative estimate of drug-likeness (QED) is 0.654. The number of anilines is 1. The van der Waals surface area contributed by atoms with Crippen molar-refractivity contribution in [2.75, 3.05) is 12.4 Å². The minimum Gasteiger partial charge on any atom is -0.380 e. The fourth-order valence-electron chi connectivity index (χ4n) is 0.872. The van der Waals surface area contributed by atoms with Crippen molar-refractivity contribution in [3.05, 3.63) is 12.3 Å². The van der Waals surface area contributed by atoms with Gasteiger partial charge in [0.05, 0.1) is 21.4 Å². The molecule has 0 saturated carbocycles. The van der Waals surface area contributed by atoms with Crippen LogP contribution in [0.2, 0.25) is 0 Å². The number of hydrogen-bond donors (Lipinski definition) is 2. The maximum Gasteiger partial charge on any atom is 0.0908 e. The number of hydrogen-bond acceptors (Lipinski definition) is 3. The molecule has 2 rings (SSSR count). The number of fused-ring (bicyclic) bond motifs is 1. The molecule has 0 bridgehead atoms. The molecule has 0 unspecified atom stereocenters. The smallest absolute Gasteiger partial charge is 0.0908 e. The SMILES string of the molecule is CNc1cc2[nH]ncc2s1. The lowest BCUT2D eigenvalue weighted by molar-refractivity contribution is 1.12. The molecule has 3 nitrogen and oxygen atoms in total. The summed E-state index contributed by atoms with van der Waals surface area (Å²) in [4.78, 5) is 0. The van der Waals surface area contributed by atoms with Gasteiger partial charge in [-0.05, 0) is 6.07 Å². The number of aromatic nitrogens is 2. The Balaban J connectivity index is 2.67. The van der Waals surface area contributed by atoms with Crippen LogP contribution in [0.25, 0.3) is 10.2 Å². The van der Waals surface area contributed by atoms with Crippen LogP contribution in [0.15, 0.2) is 12.3 Å². The molecule has 0 aliphatic carbocycles. The summed E-state index contributed by atoms with van der Waals surface area (Å²) in [6.45, 7) is 0. The number of thiophene rings is 1. The van der Waals surface area contributed by atoms with Crippen molar-refractivity contribution < 1.29 is 0 Å². The summed E-state index contributed by atoms with van der Waals surface area (Å²) in [5, 5.41) is 11.0. The second-order valence-electron chi connectivity index (χ2n) is 2.01. The zero-order valence-electron chi connectivity index (χ0n) is 5.51. The molecule has 0 aromatic carbocycles. The number of nitrogens with one attached hydrogen (secondary N) is 2. The van der Waals surface area contributed by atoms with Gasteiger partial charge in [0.1, 0.15) is 0 Å². The fourth-order valence-corrected chi connectivity index (χ4v) is 1.71. The first-order valence-corrected chi connectivity index (χ1v) is 3.82. The van der Waals surface area contributed by atoms with E-state index in [0.29, 0.717) is 0 Å². The van der Waals surface area contributed by atoms with Gasteiger partial charge in [0, 0.05) is 7.05 Å². The second-order valence-corrected chi connectivity index (χ2v) is 3.09. The molecule has 0 spiro atoms. The van der Waals surface area contributed by atoms with Gasteiger partial charge in [0.2, 0.25) is 0 Å². The Kier molecular flexibility index (Phi) is 1.14. The third-order valence-electron chi connectivity index (χ3n) is 1.37. The predicted octanol–water partition coefficient (Wildman–Crippen LogP) is 1.67. The molecule has 0 fully saturated rings. The minimum atomic E-state index is 1.11. The molecular formula is C6H7N3S. The van der Waals surface area contributed by atoms with Crippen LogP contribution >= 0.6 is 11.3 Å². The van der Waals surface area contributed by atoms with Gasteiger partial charge in [0.25, 0.3) is 0 Å². The van der Waals surface area contributed by atoms with E-state index < -0.39 is 0 Å². The molecule has 2 aromatic heterocycles. The lowest BCUT2D eigenvalue weighted by Gasteiger charge is -1.86. The molecule has 0 atom stereocenters. The number of rotatable bonds is 1. The van der Waals surface area contributed by atoms with Crippen LogP contribution < -0.4 is 5.32 Å². The van der Waals surface area contributed by atoms with E-state index in [4.69, 9.17) is 0 Å². The van der Waals surface area contributed by atoms with Crippen LogP contribution in [0, 0.1) is 0 Å². The normalized spacial score (nSPS) is 10.5. The van der Waals surface area contributed by atoms with Crippen LogP contribution in [0.3, 0.4) is 0 Å². The van der Waals surface area contributed by atoms with Gasteiger partial charge in [0.15, 0.2) is 0 Å². The third kappa shape index (κ3) is 0.690. The molecule has 0 amide bonds. The summed E-state index contributed by atoms with van der Waals surface area (Å²) >= 11 is 1.70. The lowest BCUT2D eigenvalue weighted by atomic mass is 10.5. The monoisotopic (exact) mass is 153 g/mol. The van der Waals surface area contributed by atoms with Gasteiger partial charge in [-0.1, -0.05) is 0 Å². The molecular weight excluding hydrogens is 146 g/mol. The molecule has 0 saturated heterocycles. The van der Waals surface area contributed by atoms with Gasteiger partial charge < -0.3 is 5.32 Å². The van der Waals surface area contributed by atoms with E-state index in [2.05, 4.69) is 15.5 Å². The van der Waals surface area contributed by atoms with Crippen molar-refractivity contribution in [1.82, 2.24) is 10.2 Å². The molecule has 10 heavy (non-hydrogen) atoms. The summed E-state index contributed by atoms with van der Waals surface area (Å²) < 4.78 is 1.20. The first-order valence-electron chi connectivity index (χ1n) is 3.01. The number of aromatic amines is 1. The van der Waals surface area contributed by atoms with Crippen molar-refractivity contribution in [3.63, 3.8) is 0 Å². The molecule has 4 heteroatoms. The topological polar surface area (TPSA) is 40.7 Å². The van der Waals surface area contributed by atoms with Crippen LogP contribution in [-0.4, -0.2) is 17.2 Å². The van der Waals surface area contributed by atoms with Crippen LogP contribution in [0.1, 0.15) is 0 Å². The standard InChI is InChI=1S/C6H7N3S/c1-7-6-2-4-5(10-6)3-8-9-4/h2-3,7H,1H3,(H,8,9). The van der Waals surface area contributed by atoms with Gasteiger partial charge >= 0.3 is 0 Å². The number of H-pyrrole nitrogens is 1. The molecule has 0 aliphatic heterocycles. The molecule has 0 radical (unpaired) electrons. The largest absolute Gasteiger partial charge is 0.380 e. The predicted molar refractivity (Wildman–Crippen MR) is 43.5 cm³/mol. The Labute approximate surface area is 62.1 Å². The first kappa shape index (κ1) is 5.73. The fraction of sp³-hybridized carbons (Fsp3) is 0.167. The summed E-state index contributed by atoms with van der Waals surface area (Å²) in [7, 11) is 1.91. The lowest BCUT2D eigenvalue weighted by Crippen LogP contribution is -1.80. The van der Waals surface area contributed by atoms with Crippen LogP contribution in [0.5, 0.6) is 0 Å². The zero-order chi connectivity index (χ0) is 6.97. The van der Waals surface area contributed by atoms with E-state index in [9.17, 15) is 0 Å². The first-order chi connectivity index (χ1) is 4.90.